The second-order valence-corrected chi connectivity index (χ2v) is 4.19. The molecule has 0 aromatic rings. The van der Waals surface area contributed by atoms with Crippen molar-refractivity contribution in [2.75, 3.05) is 0 Å². The van der Waals surface area contributed by atoms with Crippen LogP contribution in [-0.4, -0.2) is 22.5 Å². The van der Waals surface area contributed by atoms with Crippen LogP contribution in [0.25, 0.3) is 0 Å². The first kappa shape index (κ1) is 20.2. The molecule has 0 aliphatic heterocycles. The van der Waals surface area contributed by atoms with Gasteiger partial charge in [0.15, 0.2) is 0 Å². The van der Waals surface area contributed by atoms with Gasteiger partial charge in [0.2, 0.25) is 0 Å². The van der Waals surface area contributed by atoms with Crippen molar-refractivity contribution in [3.05, 3.63) is 0 Å². The third-order valence-corrected chi connectivity index (χ3v) is 2.39. The van der Waals surface area contributed by atoms with Gasteiger partial charge in [0.05, 0.1) is 0 Å². The summed E-state index contributed by atoms with van der Waals surface area (Å²) >= 11 is 0. The quantitative estimate of drug-likeness (QED) is 0.380. The highest BCUT2D eigenvalue weighted by Crippen LogP contribution is 2.06. The van der Waals surface area contributed by atoms with Crippen LogP contribution in [0.3, 0.4) is 0 Å². The zero-order valence-corrected chi connectivity index (χ0v) is 11.9. The van der Waals surface area contributed by atoms with Crippen molar-refractivity contribution >= 4 is 11.9 Å². The van der Waals surface area contributed by atoms with Crippen LogP contribution in [0.1, 0.15) is 71.6 Å². The molecule has 0 amide bonds. The van der Waals surface area contributed by atoms with Gasteiger partial charge in [-0.2, -0.15) is 10.5 Å². The second-order valence-electron chi connectivity index (χ2n) is 4.19. The summed E-state index contributed by atoms with van der Waals surface area (Å²) in [6, 6.07) is 0. The molecule has 0 saturated carbocycles. The summed E-state index contributed by atoms with van der Waals surface area (Å²) in [6.45, 7) is 4.00. The predicted molar refractivity (Wildman–Crippen MR) is 70.3 cm³/mol. The summed E-state index contributed by atoms with van der Waals surface area (Å²) in [5, 5.41) is 15.5. The first-order valence-corrected chi connectivity index (χ1v) is 6.80. The Bertz CT molecular complexity index is 217. The summed E-state index contributed by atoms with van der Waals surface area (Å²) < 4.78 is 0. The van der Waals surface area contributed by atoms with Gasteiger partial charge in [-0.05, 0) is 12.8 Å². The second kappa shape index (κ2) is 16.9. The number of hydrogen-bond acceptors (Lipinski definition) is 6. The fraction of sp³-hybridized carbons (Fsp3) is 0.846. The first-order chi connectivity index (χ1) is 9.12. The SMILES string of the molecule is CCCC(=O)OO.CCCCCCCCC(=O)OO. The summed E-state index contributed by atoms with van der Waals surface area (Å²) in [5.74, 6) is -1.09. The van der Waals surface area contributed by atoms with Crippen LogP contribution in [0, 0.1) is 0 Å². The van der Waals surface area contributed by atoms with Crippen LogP contribution < -0.4 is 0 Å². The maximum Gasteiger partial charge on any atom is 0.342 e. The van der Waals surface area contributed by atoms with E-state index in [1.54, 1.807) is 0 Å². The van der Waals surface area contributed by atoms with Gasteiger partial charge < -0.3 is 9.78 Å². The lowest BCUT2D eigenvalue weighted by atomic mass is 10.1. The van der Waals surface area contributed by atoms with E-state index in [1.165, 1.54) is 25.7 Å². The van der Waals surface area contributed by atoms with Crippen molar-refractivity contribution in [2.24, 2.45) is 0 Å². The molecule has 2 N–H and O–H groups in total. The van der Waals surface area contributed by atoms with Crippen molar-refractivity contribution in [3.8, 4) is 0 Å². The molecule has 0 rings (SSSR count). The molecule has 6 heteroatoms. The first-order valence-electron chi connectivity index (χ1n) is 6.80. The molecule has 0 spiro atoms. The van der Waals surface area contributed by atoms with Gasteiger partial charge in [0.25, 0.3) is 0 Å². The smallest absolute Gasteiger partial charge is 0.301 e. The summed E-state index contributed by atoms with van der Waals surface area (Å²) in [6.07, 6.45) is 8.12. The molecule has 114 valence electrons. The van der Waals surface area contributed by atoms with Gasteiger partial charge in [-0.3, -0.25) is 0 Å². The van der Waals surface area contributed by atoms with Crippen LogP contribution in [0.5, 0.6) is 0 Å². The van der Waals surface area contributed by atoms with Crippen molar-refractivity contribution in [2.45, 2.75) is 71.6 Å². The van der Waals surface area contributed by atoms with Crippen LogP contribution >= 0.6 is 0 Å². The third kappa shape index (κ3) is 19.4. The fourth-order valence-corrected chi connectivity index (χ4v) is 1.35. The summed E-state index contributed by atoms with van der Waals surface area (Å²) in [7, 11) is 0. The molecule has 0 radical (unpaired) electrons. The number of rotatable bonds is 9. The van der Waals surface area contributed by atoms with Gasteiger partial charge in [-0.15, -0.1) is 0 Å². The van der Waals surface area contributed by atoms with E-state index in [1.807, 2.05) is 6.92 Å². The van der Waals surface area contributed by atoms with Gasteiger partial charge in [0, 0.05) is 12.8 Å². The number of hydrogen-bond donors (Lipinski definition) is 2. The minimum atomic E-state index is -0.567. The number of carbonyl (C=O) groups is 2. The maximum atomic E-state index is 10.4. The Labute approximate surface area is 114 Å². The molecule has 0 aromatic carbocycles. The van der Waals surface area contributed by atoms with E-state index in [-0.39, 0.29) is 6.42 Å². The monoisotopic (exact) mass is 278 g/mol. The van der Waals surface area contributed by atoms with Crippen LogP contribution in [0.4, 0.5) is 0 Å². The van der Waals surface area contributed by atoms with Crippen LogP contribution in [0.15, 0.2) is 0 Å². The summed E-state index contributed by atoms with van der Waals surface area (Å²) in [5.41, 5.74) is 0. The number of carbonyl (C=O) groups excluding carboxylic acids is 2. The summed E-state index contributed by atoms with van der Waals surface area (Å²) in [4.78, 5) is 27.3. The molecule has 0 aliphatic carbocycles. The molecular formula is C13H26O6. The Morgan fingerprint density at radius 3 is 1.63 bits per heavy atom. The minimum Gasteiger partial charge on any atom is -0.301 e. The van der Waals surface area contributed by atoms with E-state index in [4.69, 9.17) is 10.5 Å². The standard InChI is InChI=1S/C9H18O3.C4H8O3/c1-2-3-4-5-6-7-8-9(10)12-11;1-2-3-4(5)7-6/h11H,2-8H2,1H3;6H,2-3H2,1H3. The zero-order chi connectivity index (χ0) is 14.9. The molecule has 0 aliphatic rings. The Morgan fingerprint density at radius 2 is 1.21 bits per heavy atom. The molecule has 0 atom stereocenters. The highest BCUT2D eigenvalue weighted by atomic mass is 17.1. The molecule has 0 aromatic heterocycles. The van der Waals surface area contributed by atoms with Gasteiger partial charge in [-0.25, -0.2) is 9.59 Å². The van der Waals surface area contributed by atoms with Gasteiger partial charge in [-0.1, -0.05) is 46.0 Å². The molecule has 0 unspecified atom stereocenters. The van der Waals surface area contributed by atoms with E-state index in [9.17, 15) is 9.59 Å². The molecule has 6 nitrogen and oxygen atoms in total. The lowest BCUT2D eigenvalue weighted by Gasteiger charge is -1.98. The average molecular weight is 278 g/mol. The van der Waals surface area contributed by atoms with Crippen LogP contribution in [-0.2, 0) is 19.4 Å². The number of unbranched alkanes of at least 4 members (excludes halogenated alkanes) is 5. The molecule has 0 fully saturated rings. The molecule has 0 heterocycles. The van der Waals surface area contributed by atoms with Crippen molar-refractivity contribution in [1.29, 1.82) is 0 Å². The van der Waals surface area contributed by atoms with E-state index in [0.29, 0.717) is 12.8 Å². The maximum absolute atomic E-state index is 10.4. The largest absolute Gasteiger partial charge is 0.342 e. The van der Waals surface area contributed by atoms with Gasteiger partial charge >= 0.3 is 11.9 Å². The van der Waals surface area contributed by atoms with Crippen LogP contribution in [0.2, 0.25) is 0 Å². The highest BCUT2D eigenvalue weighted by molar-refractivity contribution is 5.68. The minimum absolute atomic E-state index is 0.288. The zero-order valence-electron chi connectivity index (χ0n) is 11.9. The van der Waals surface area contributed by atoms with Crippen molar-refractivity contribution in [3.63, 3.8) is 0 Å². The topological polar surface area (TPSA) is 93.1 Å². The Hall–Kier alpha value is -1.14. The third-order valence-electron chi connectivity index (χ3n) is 2.39. The van der Waals surface area contributed by atoms with Crippen molar-refractivity contribution < 1.29 is 29.9 Å². The molecule has 0 saturated heterocycles. The lowest BCUT2D eigenvalue weighted by molar-refractivity contribution is -0.234. The van der Waals surface area contributed by atoms with E-state index < -0.39 is 11.9 Å². The molecular weight excluding hydrogens is 252 g/mol. The van der Waals surface area contributed by atoms with Crippen molar-refractivity contribution in [1.82, 2.24) is 0 Å². The molecule has 0 bridgehead atoms. The molecule has 19 heavy (non-hydrogen) atoms. The Balaban J connectivity index is 0. The Morgan fingerprint density at radius 1 is 0.737 bits per heavy atom. The van der Waals surface area contributed by atoms with E-state index in [0.717, 1.165) is 12.8 Å². The normalized spacial score (nSPS) is 9.26. The van der Waals surface area contributed by atoms with E-state index in [2.05, 4.69) is 16.7 Å². The fourth-order valence-electron chi connectivity index (χ4n) is 1.35. The predicted octanol–water partition coefficient (Wildman–Crippen LogP) is 3.56. The highest BCUT2D eigenvalue weighted by Gasteiger charge is 2.00. The van der Waals surface area contributed by atoms with E-state index >= 15 is 0 Å². The Kier molecular flexibility index (Phi) is 17.9. The average Bonchev–Trinajstić information content (AvgIpc) is 2.43. The van der Waals surface area contributed by atoms with Gasteiger partial charge in [0.1, 0.15) is 0 Å². The lowest BCUT2D eigenvalue weighted by Crippen LogP contribution is -1.99.